The number of aromatic amines is 2. The number of benzene rings is 3. The molecule has 394 valence electrons. The number of aromatic nitrogens is 4. The molecule has 4 saturated heterocycles. The van der Waals surface area contributed by atoms with Crippen LogP contribution in [0.3, 0.4) is 0 Å². The van der Waals surface area contributed by atoms with Gasteiger partial charge in [0.2, 0.25) is 11.8 Å². The summed E-state index contributed by atoms with van der Waals surface area (Å²) in [5.74, 6) is 1.13. The van der Waals surface area contributed by atoms with Crippen LogP contribution < -0.4 is 15.5 Å². The molecule has 4 amide bonds. The maximum atomic E-state index is 14.5. The minimum absolute atomic E-state index is 0.0233. The van der Waals surface area contributed by atoms with Gasteiger partial charge in [-0.2, -0.15) is 0 Å². The molecule has 0 spiro atoms. The Bertz CT molecular complexity index is 2760. The number of nitrogens with one attached hydrogen (secondary N) is 4. The van der Waals surface area contributed by atoms with Crippen LogP contribution in [0, 0.1) is 11.8 Å². The lowest BCUT2D eigenvalue weighted by Crippen LogP contribution is -2.53. The normalized spacial score (nSPS) is 21.9. The van der Waals surface area contributed by atoms with Crippen molar-refractivity contribution < 1.29 is 33.4 Å². The van der Waals surface area contributed by atoms with Crippen LogP contribution in [-0.2, 0) is 29.2 Å². The van der Waals surface area contributed by atoms with Gasteiger partial charge in [-0.3, -0.25) is 9.59 Å². The Morgan fingerprint density at radius 1 is 0.689 bits per heavy atom. The second-order valence-corrected chi connectivity index (χ2v) is 27.9. The average Bonchev–Trinajstić information content (AvgIpc) is 4.27. The van der Waals surface area contributed by atoms with E-state index in [1.54, 1.807) is 0 Å². The molecule has 6 atom stereocenters. The Hall–Kier alpha value is -6.46. The zero-order valence-electron chi connectivity index (χ0n) is 44.6. The van der Waals surface area contributed by atoms with Crippen molar-refractivity contribution in [1.82, 2.24) is 40.4 Å². The number of alkyl carbamates (subject to hydrolysis) is 2. The molecule has 17 heteroatoms. The summed E-state index contributed by atoms with van der Waals surface area (Å²) < 4.78 is 15.4. The molecule has 0 unspecified atom stereocenters. The number of H-pyrrole nitrogens is 2. The zero-order chi connectivity index (χ0) is 52.5. The average molecular weight is 1030 g/mol. The van der Waals surface area contributed by atoms with Crippen LogP contribution in [0.2, 0.25) is 19.1 Å². The molecule has 6 heterocycles. The number of likely N-dealkylation sites (tertiary alicyclic amines) is 1. The van der Waals surface area contributed by atoms with Crippen molar-refractivity contribution in [3.8, 4) is 22.5 Å². The predicted octanol–water partition coefficient (Wildman–Crippen LogP) is 10.2. The Labute approximate surface area is 436 Å². The monoisotopic (exact) mass is 1030 g/mol. The first-order chi connectivity index (χ1) is 35.4. The van der Waals surface area contributed by atoms with Gasteiger partial charge in [-0.25, -0.2) is 19.6 Å². The van der Waals surface area contributed by atoms with Gasteiger partial charge in [0.05, 0.1) is 70.2 Å². The van der Waals surface area contributed by atoms with E-state index in [-0.39, 0.29) is 53.2 Å². The third-order valence-electron chi connectivity index (χ3n) is 15.8. The largest absolute Gasteiger partial charge is 0.453 e. The molecule has 4 aliphatic heterocycles. The SMILES string of the molecule is COC(=O)N[C@H](C(=O)N1CCC[C@H]1c1ncc(-c2ccc([C@H]3CC[C@H](c4ccc(-c5cnc([C@@H]6C[Si](C)(C)CN6C(=O)[C@@H](NC(=O)OC)C6CCOCC6)[nH]5)cc4)N3c3ccc(C(C)(C)C)cc3)cc2)[nH]1)C(C)C. The third kappa shape index (κ3) is 11.1. The minimum atomic E-state index is -1.82. The minimum Gasteiger partial charge on any atom is -0.453 e. The predicted molar refractivity (Wildman–Crippen MR) is 288 cm³/mol. The maximum Gasteiger partial charge on any atom is 0.407 e. The molecule has 3 aromatic carbocycles. The van der Waals surface area contributed by atoms with Crippen LogP contribution in [0.5, 0.6) is 0 Å². The van der Waals surface area contributed by atoms with Crippen LogP contribution in [0.4, 0.5) is 15.3 Å². The van der Waals surface area contributed by atoms with Gasteiger partial charge in [-0.15, -0.1) is 0 Å². The number of nitrogens with zero attached hydrogens (tertiary/aromatic N) is 5. The van der Waals surface area contributed by atoms with Gasteiger partial charge in [-0.05, 0) is 102 Å². The van der Waals surface area contributed by atoms with E-state index < -0.39 is 32.3 Å². The molecule has 2 aromatic heterocycles. The van der Waals surface area contributed by atoms with Crippen molar-refractivity contribution in [1.29, 1.82) is 0 Å². The lowest BCUT2D eigenvalue weighted by atomic mass is 9.87. The second kappa shape index (κ2) is 21.8. The standard InChI is InChI=1S/C57H75N9O7Si/c1-35(2)49(62-55(69)71-6)53(67)64-28-10-11-47(64)51-58-31-43(60-51)36-12-16-38(17-13-36)45-24-25-46(66(45)42-22-20-41(21-23-42)57(3,4)5)39-18-14-37(15-19-39)44-32-59-52(61-44)48-33-74(8,9)34-65(48)54(68)50(63-56(70)72-7)40-26-29-73-30-27-40/h12-23,31-32,35,40,45-50H,10-11,24-30,33-34H2,1-9H3,(H,58,60)(H,59,61)(H,62,69)(H,63,70)/t45-,46-,47+,48+,49+,50+/m1/s1. The van der Waals surface area contributed by atoms with Gasteiger partial charge in [0.25, 0.3) is 0 Å². The van der Waals surface area contributed by atoms with Gasteiger partial charge in [0.15, 0.2) is 0 Å². The first-order valence-corrected chi connectivity index (χ1v) is 29.9. The number of ether oxygens (including phenoxy) is 3. The van der Waals surface area contributed by atoms with E-state index in [1.165, 1.54) is 36.6 Å². The smallest absolute Gasteiger partial charge is 0.407 e. The summed E-state index contributed by atoms with van der Waals surface area (Å²) in [7, 11) is 0.812. The van der Waals surface area contributed by atoms with Crippen molar-refractivity contribution in [3.63, 3.8) is 0 Å². The number of rotatable bonds is 13. The molecule has 4 N–H and O–H groups in total. The van der Waals surface area contributed by atoms with Crippen LogP contribution in [-0.4, -0.2) is 114 Å². The lowest BCUT2D eigenvalue weighted by molar-refractivity contribution is -0.136. The first kappa shape index (κ1) is 52.4. The summed E-state index contributed by atoms with van der Waals surface area (Å²) in [6, 6.07) is 26.0. The maximum absolute atomic E-state index is 14.5. The van der Waals surface area contributed by atoms with E-state index in [2.05, 4.69) is 132 Å². The number of methoxy groups -OCH3 is 2. The van der Waals surface area contributed by atoms with E-state index in [9.17, 15) is 19.2 Å². The molecule has 0 bridgehead atoms. The van der Waals surface area contributed by atoms with Crippen molar-refractivity contribution in [2.24, 2.45) is 11.8 Å². The summed E-state index contributed by atoms with van der Waals surface area (Å²) in [6.45, 7) is 16.9. The van der Waals surface area contributed by atoms with Crippen molar-refractivity contribution in [3.05, 3.63) is 114 Å². The highest BCUT2D eigenvalue weighted by Gasteiger charge is 2.47. The highest BCUT2D eigenvalue weighted by molar-refractivity contribution is 6.78. The second-order valence-electron chi connectivity index (χ2n) is 22.9. The van der Waals surface area contributed by atoms with Gasteiger partial charge < -0.3 is 49.5 Å². The third-order valence-corrected chi connectivity index (χ3v) is 18.5. The number of carbonyl (C=O) groups is 4. The molecule has 0 aliphatic carbocycles. The number of hydrogen-bond acceptors (Lipinski definition) is 10. The van der Waals surface area contributed by atoms with E-state index >= 15 is 0 Å². The molecule has 4 aliphatic rings. The van der Waals surface area contributed by atoms with Crippen LogP contribution in [0.1, 0.15) is 126 Å². The fourth-order valence-corrected chi connectivity index (χ4v) is 14.7. The number of anilines is 1. The molecule has 16 nitrogen and oxygen atoms in total. The molecule has 9 rings (SSSR count). The molecule has 4 fully saturated rings. The Morgan fingerprint density at radius 2 is 1.23 bits per heavy atom. The van der Waals surface area contributed by atoms with Gasteiger partial charge in [0, 0.05) is 31.6 Å². The molecule has 74 heavy (non-hydrogen) atoms. The number of hydrogen-bond donors (Lipinski definition) is 4. The van der Waals surface area contributed by atoms with Gasteiger partial charge in [-0.1, -0.05) is 108 Å². The number of amides is 4. The molecule has 5 aromatic rings. The Kier molecular flexibility index (Phi) is 15.4. The van der Waals surface area contributed by atoms with Crippen LogP contribution in [0.25, 0.3) is 22.5 Å². The fourth-order valence-electron chi connectivity index (χ4n) is 11.8. The highest BCUT2D eigenvalue weighted by atomic mass is 28.3. The van der Waals surface area contributed by atoms with Crippen molar-refractivity contribution >= 4 is 37.8 Å². The first-order valence-electron chi connectivity index (χ1n) is 26.5. The Balaban J connectivity index is 0.933. The molecular weight excluding hydrogens is 951 g/mol. The van der Waals surface area contributed by atoms with Crippen LogP contribution in [0.15, 0.2) is 85.2 Å². The summed E-state index contributed by atoms with van der Waals surface area (Å²) in [4.78, 5) is 76.2. The van der Waals surface area contributed by atoms with Gasteiger partial charge in [0.1, 0.15) is 23.7 Å². The van der Waals surface area contributed by atoms with E-state index in [1.807, 2.05) is 36.0 Å². The van der Waals surface area contributed by atoms with E-state index in [4.69, 9.17) is 24.2 Å². The lowest BCUT2D eigenvalue weighted by Gasteiger charge is -2.34. The van der Waals surface area contributed by atoms with Crippen molar-refractivity contribution in [2.75, 3.05) is 45.0 Å². The topological polar surface area (TPSA) is 187 Å². The molecule has 0 saturated carbocycles. The summed E-state index contributed by atoms with van der Waals surface area (Å²) in [6.07, 6.45) is 8.14. The van der Waals surface area contributed by atoms with Gasteiger partial charge >= 0.3 is 12.2 Å². The van der Waals surface area contributed by atoms with Crippen LogP contribution >= 0.6 is 0 Å². The molecular formula is C57H75N9O7Si. The highest BCUT2D eigenvalue weighted by Crippen LogP contribution is 2.48. The Morgan fingerprint density at radius 3 is 1.76 bits per heavy atom. The summed E-state index contributed by atoms with van der Waals surface area (Å²) in [5, 5.41) is 5.62. The quantitative estimate of drug-likeness (QED) is 0.0827. The number of imidazole rings is 2. The zero-order valence-corrected chi connectivity index (χ0v) is 45.6. The summed E-state index contributed by atoms with van der Waals surface area (Å²) >= 11 is 0. The fraction of sp³-hybridized carbons (Fsp3) is 0.509. The number of carbonyl (C=O) groups excluding carboxylic acids is 4. The van der Waals surface area contributed by atoms with Crippen molar-refractivity contribution in [2.45, 2.75) is 134 Å². The van der Waals surface area contributed by atoms with E-state index in [0.29, 0.717) is 38.8 Å². The van der Waals surface area contributed by atoms with E-state index in [0.717, 1.165) is 65.9 Å². The molecule has 0 radical (unpaired) electrons. The summed E-state index contributed by atoms with van der Waals surface area (Å²) in [5.41, 5.74) is 8.75.